The van der Waals surface area contributed by atoms with Crippen molar-refractivity contribution in [2.75, 3.05) is 14.2 Å². The van der Waals surface area contributed by atoms with Crippen LogP contribution in [0.1, 0.15) is 49.0 Å². The predicted molar refractivity (Wildman–Crippen MR) is 99.0 cm³/mol. The smallest absolute Gasteiger partial charge is 0.282 e. The summed E-state index contributed by atoms with van der Waals surface area (Å²) < 4.78 is 12.0. The summed E-state index contributed by atoms with van der Waals surface area (Å²) in [5.41, 5.74) is 0.585. The summed E-state index contributed by atoms with van der Waals surface area (Å²) in [4.78, 5) is 29.7. The summed E-state index contributed by atoms with van der Waals surface area (Å²) in [5.74, 6) is 0.600. The number of carbonyl (C=O) groups excluding carboxylic acids is 1. The molecule has 1 aliphatic rings. The molecule has 0 unspecified atom stereocenters. The third kappa shape index (κ3) is 3.52. The van der Waals surface area contributed by atoms with Crippen LogP contribution in [0.15, 0.2) is 16.9 Å². The minimum absolute atomic E-state index is 0.0866. The van der Waals surface area contributed by atoms with E-state index in [1.165, 1.54) is 31.6 Å². The summed E-state index contributed by atoms with van der Waals surface area (Å²) in [6, 6.07) is 3.48. The van der Waals surface area contributed by atoms with Crippen LogP contribution < -0.4 is 20.3 Å². The maximum Gasteiger partial charge on any atom is 0.282 e. The molecule has 0 bridgehead atoms. The summed E-state index contributed by atoms with van der Waals surface area (Å²) in [7, 11) is 4.69. The summed E-state index contributed by atoms with van der Waals surface area (Å²) in [6.07, 6.45) is 6.50. The van der Waals surface area contributed by atoms with Crippen LogP contribution in [-0.4, -0.2) is 35.7 Å². The Morgan fingerprint density at radius 1 is 1.12 bits per heavy atom. The summed E-state index contributed by atoms with van der Waals surface area (Å²) in [6.45, 7) is 0. The SMILES string of the molecule is COc1cc2nc(C(=O)NC3CCCCCC3)c(=O)n(C)c2cc1OC. The number of amides is 1. The Kier molecular flexibility index (Phi) is 5.44. The molecule has 0 atom stereocenters. The van der Waals surface area contributed by atoms with Crippen molar-refractivity contribution in [2.24, 2.45) is 7.05 Å². The topological polar surface area (TPSA) is 82.5 Å². The molecule has 0 radical (unpaired) electrons. The van der Waals surface area contributed by atoms with Gasteiger partial charge in [0.2, 0.25) is 0 Å². The van der Waals surface area contributed by atoms with Gasteiger partial charge in [0.25, 0.3) is 11.5 Å². The summed E-state index contributed by atoms with van der Waals surface area (Å²) in [5, 5.41) is 2.99. The Morgan fingerprint density at radius 3 is 2.35 bits per heavy atom. The fraction of sp³-hybridized carbons (Fsp3) is 0.526. The van der Waals surface area contributed by atoms with E-state index in [0.717, 1.165) is 25.7 Å². The zero-order chi connectivity index (χ0) is 18.7. The minimum atomic E-state index is -0.421. The Balaban J connectivity index is 1.98. The fourth-order valence-electron chi connectivity index (χ4n) is 3.48. The number of rotatable bonds is 4. The quantitative estimate of drug-likeness (QED) is 0.848. The van der Waals surface area contributed by atoms with Crippen molar-refractivity contribution < 1.29 is 14.3 Å². The molecule has 0 aliphatic heterocycles. The highest BCUT2D eigenvalue weighted by molar-refractivity contribution is 5.94. The number of benzene rings is 1. The molecule has 3 rings (SSSR count). The van der Waals surface area contributed by atoms with Gasteiger partial charge in [-0.1, -0.05) is 25.7 Å². The van der Waals surface area contributed by atoms with E-state index in [-0.39, 0.29) is 11.7 Å². The largest absolute Gasteiger partial charge is 0.493 e. The lowest BCUT2D eigenvalue weighted by Crippen LogP contribution is -2.39. The van der Waals surface area contributed by atoms with E-state index in [0.29, 0.717) is 22.5 Å². The van der Waals surface area contributed by atoms with E-state index in [9.17, 15) is 9.59 Å². The Bertz CT molecular complexity index is 867. The standard InChI is InChI=1S/C19H25N3O4/c1-22-14-11-16(26-3)15(25-2)10-13(14)21-17(19(22)24)18(23)20-12-8-6-4-5-7-9-12/h10-12H,4-9H2,1-3H3,(H,20,23). The molecule has 26 heavy (non-hydrogen) atoms. The van der Waals surface area contributed by atoms with Gasteiger partial charge in [0.1, 0.15) is 0 Å². The Hall–Kier alpha value is -2.57. The van der Waals surface area contributed by atoms with Crippen LogP contribution in [0.25, 0.3) is 11.0 Å². The van der Waals surface area contributed by atoms with Gasteiger partial charge < -0.3 is 19.4 Å². The van der Waals surface area contributed by atoms with Crippen molar-refractivity contribution in [2.45, 2.75) is 44.6 Å². The van der Waals surface area contributed by atoms with E-state index in [4.69, 9.17) is 9.47 Å². The highest BCUT2D eigenvalue weighted by Gasteiger charge is 2.21. The van der Waals surface area contributed by atoms with Crippen molar-refractivity contribution in [1.82, 2.24) is 14.9 Å². The van der Waals surface area contributed by atoms with Gasteiger partial charge in [-0.25, -0.2) is 4.98 Å². The molecule has 1 amide bonds. The number of nitrogens with one attached hydrogen (secondary N) is 1. The molecular formula is C19H25N3O4. The lowest BCUT2D eigenvalue weighted by atomic mass is 10.1. The monoisotopic (exact) mass is 359 g/mol. The maximum absolute atomic E-state index is 12.7. The molecule has 1 fully saturated rings. The number of methoxy groups -OCH3 is 2. The molecule has 1 aliphatic carbocycles. The molecule has 7 nitrogen and oxygen atoms in total. The van der Waals surface area contributed by atoms with Crippen molar-refractivity contribution in [3.63, 3.8) is 0 Å². The highest BCUT2D eigenvalue weighted by atomic mass is 16.5. The van der Waals surface area contributed by atoms with Gasteiger partial charge in [0.15, 0.2) is 17.2 Å². The van der Waals surface area contributed by atoms with Gasteiger partial charge in [-0.05, 0) is 12.8 Å². The molecule has 1 heterocycles. The van der Waals surface area contributed by atoms with Crippen LogP contribution >= 0.6 is 0 Å². The van der Waals surface area contributed by atoms with Crippen LogP contribution in [0.5, 0.6) is 11.5 Å². The fourth-order valence-corrected chi connectivity index (χ4v) is 3.48. The van der Waals surface area contributed by atoms with Crippen LogP contribution in [0.2, 0.25) is 0 Å². The maximum atomic E-state index is 12.7. The van der Waals surface area contributed by atoms with Gasteiger partial charge in [0.05, 0.1) is 25.3 Å². The Morgan fingerprint density at radius 2 is 1.73 bits per heavy atom. The average Bonchev–Trinajstić information content (AvgIpc) is 2.92. The van der Waals surface area contributed by atoms with Crippen LogP contribution in [0.3, 0.4) is 0 Å². The second-order valence-corrected chi connectivity index (χ2v) is 6.68. The lowest BCUT2D eigenvalue weighted by molar-refractivity contribution is 0.0926. The van der Waals surface area contributed by atoms with E-state index in [2.05, 4.69) is 10.3 Å². The molecule has 1 aromatic heterocycles. The number of aromatic nitrogens is 2. The second-order valence-electron chi connectivity index (χ2n) is 6.68. The number of aryl methyl sites for hydroxylation is 1. The number of hydrogen-bond acceptors (Lipinski definition) is 5. The van der Waals surface area contributed by atoms with E-state index in [1.807, 2.05) is 0 Å². The molecule has 2 aromatic rings. The first-order valence-electron chi connectivity index (χ1n) is 8.98. The normalized spacial score (nSPS) is 15.5. The number of carbonyl (C=O) groups is 1. The van der Waals surface area contributed by atoms with E-state index >= 15 is 0 Å². The lowest BCUT2D eigenvalue weighted by Gasteiger charge is -2.16. The highest BCUT2D eigenvalue weighted by Crippen LogP contribution is 2.30. The zero-order valence-electron chi connectivity index (χ0n) is 15.5. The molecule has 7 heteroatoms. The van der Waals surface area contributed by atoms with Gasteiger partial charge in [-0.3, -0.25) is 9.59 Å². The first kappa shape index (κ1) is 18.2. The van der Waals surface area contributed by atoms with Crippen molar-refractivity contribution in [1.29, 1.82) is 0 Å². The van der Waals surface area contributed by atoms with Crippen LogP contribution in [0, 0.1) is 0 Å². The first-order valence-corrected chi connectivity index (χ1v) is 8.98. The van der Waals surface area contributed by atoms with Crippen LogP contribution in [-0.2, 0) is 7.05 Å². The van der Waals surface area contributed by atoms with Gasteiger partial charge in [-0.15, -0.1) is 0 Å². The zero-order valence-corrected chi connectivity index (χ0v) is 15.5. The predicted octanol–water partition coefficient (Wildman–Crippen LogP) is 2.40. The first-order chi connectivity index (χ1) is 12.5. The molecule has 140 valence electrons. The number of hydrogen-bond donors (Lipinski definition) is 1. The minimum Gasteiger partial charge on any atom is -0.493 e. The van der Waals surface area contributed by atoms with Gasteiger partial charge >= 0.3 is 0 Å². The Labute approximate surface area is 152 Å². The second kappa shape index (κ2) is 7.76. The molecule has 0 saturated heterocycles. The number of nitrogens with zero attached hydrogens (tertiary/aromatic N) is 2. The third-order valence-electron chi connectivity index (χ3n) is 4.99. The van der Waals surface area contributed by atoms with Crippen molar-refractivity contribution in [3.05, 3.63) is 28.2 Å². The molecular weight excluding hydrogens is 334 g/mol. The van der Waals surface area contributed by atoms with E-state index in [1.54, 1.807) is 19.2 Å². The van der Waals surface area contributed by atoms with Crippen LogP contribution in [0.4, 0.5) is 0 Å². The van der Waals surface area contributed by atoms with Crippen molar-refractivity contribution >= 4 is 16.9 Å². The van der Waals surface area contributed by atoms with Gasteiger partial charge in [-0.2, -0.15) is 0 Å². The van der Waals surface area contributed by atoms with Crippen molar-refractivity contribution in [3.8, 4) is 11.5 Å². The molecule has 1 saturated carbocycles. The molecule has 0 spiro atoms. The van der Waals surface area contributed by atoms with Gasteiger partial charge in [0, 0.05) is 25.2 Å². The third-order valence-corrected chi connectivity index (χ3v) is 4.99. The average molecular weight is 359 g/mol. The van der Waals surface area contributed by atoms with E-state index < -0.39 is 11.5 Å². The number of ether oxygens (including phenoxy) is 2. The number of fused-ring (bicyclic) bond motifs is 1. The molecule has 1 N–H and O–H groups in total. The summed E-state index contributed by atoms with van der Waals surface area (Å²) >= 11 is 0. The molecule has 1 aromatic carbocycles.